The lowest BCUT2D eigenvalue weighted by atomic mass is 10.2. The number of carbonyl (C=O) groups is 1. The molecule has 2 aromatic heterocycles. The van der Waals surface area contributed by atoms with Gasteiger partial charge in [0.1, 0.15) is 5.82 Å². The Morgan fingerprint density at radius 1 is 1.23 bits per heavy atom. The fourth-order valence-electron chi connectivity index (χ4n) is 3.17. The van der Waals surface area contributed by atoms with Crippen LogP contribution in [0.2, 0.25) is 0 Å². The number of anilines is 2. The van der Waals surface area contributed by atoms with E-state index in [0.717, 1.165) is 50.7 Å². The molecule has 3 rings (SSSR count). The van der Waals surface area contributed by atoms with Crippen molar-refractivity contribution < 1.29 is 4.79 Å². The maximum Gasteiger partial charge on any atom is 0.224 e. The molecule has 0 saturated carbocycles. The largest absolute Gasteiger partial charge is 0.354 e. The second-order valence-corrected chi connectivity index (χ2v) is 7.62. The molecule has 7 heteroatoms. The SMILES string of the molecule is CCNc1nc(C)cc(N2CCN(C(=O)CCc3sccc3C)CC2)n1. The quantitative estimate of drug-likeness (QED) is 0.844. The molecule has 1 aliphatic heterocycles. The van der Waals surface area contributed by atoms with Crippen molar-refractivity contribution in [1.82, 2.24) is 14.9 Å². The van der Waals surface area contributed by atoms with Gasteiger partial charge in [0.05, 0.1) is 0 Å². The van der Waals surface area contributed by atoms with Crippen LogP contribution in [-0.2, 0) is 11.2 Å². The topological polar surface area (TPSA) is 61.4 Å². The molecule has 1 saturated heterocycles. The highest BCUT2D eigenvalue weighted by atomic mass is 32.1. The number of thiophene rings is 1. The molecule has 0 atom stereocenters. The van der Waals surface area contributed by atoms with Crippen LogP contribution in [0.1, 0.15) is 29.5 Å². The van der Waals surface area contributed by atoms with E-state index in [1.165, 1.54) is 10.4 Å². The van der Waals surface area contributed by atoms with E-state index in [1.54, 1.807) is 11.3 Å². The first kappa shape index (κ1) is 18.6. The highest BCUT2D eigenvalue weighted by molar-refractivity contribution is 7.10. The number of nitrogens with zero attached hydrogens (tertiary/aromatic N) is 4. The Labute approximate surface area is 159 Å². The van der Waals surface area contributed by atoms with E-state index in [9.17, 15) is 4.79 Å². The highest BCUT2D eigenvalue weighted by Gasteiger charge is 2.22. The molecule has 2 aromatic rings. The molecule has 1 fully saturated rings. The minimum Gasteiger partial charge on any atom is -0.354 e. The lowest BCUT2D eigenvalue weighted by molar-refractivity contribution is -0.131. The predicted octanol–water partition coefficient (Wildman–Crippen LogP) is 2.87. The fraction of sp³-hybridized carbons (Fsp3) is 0.526. The predicted molar refractivity (Wildman–Crippen MR) is 107 cm³/mol. The average Bonchev–Trinajstić information content (AvgIpc) is 3.04. The van der Waals surface area contributed by atoms with E-state index >= 15 is 0 Å². The summed E-state index contributed by atoms with van der Waals surface area (Å²) in [6, 6.07) is 4.13. The van der Waals surface area contributed by atoms with Crippen molar-refractivity contribution in [3.05, 3.63) is 33.6 Å². The molecule has 0 spiro atoms. The number of rotatable bonds is 6. The Morgan fingerprint density at radius 3 is 2.65 bits per heavy atom. The van der Waals surface area contributed by atoms with Gasteiger partial charge in [-0.05, 0) is 44.2 Å². The second kappa shape index (κ2) is 8.49. The van der Waals surface area contributed by atoms with E-state index < -0.39 is 0 Å². The van der Waals surface area contributed by atoms with E-state index in [2.05, 4.69) is 38.6 Å². The third kappa shape index (κ3) is 4.52. The summed E-state index contributed by atoms with van der Waals surface area (Å²) in [6.07, 6.45) is 1.44. The van der Waals surface area contributed by atoms with Crippen LogP contribution in [0.15, 0.2) is 17.5 Å². The molecule has 0 aliphatic carbocycles. The van der Waals surface area contributed by atoms with Gasteiger partial charge in [-0.2, -0.15) is 4.98 Å². The minimum absolute atomic E-state index is 0.254. The summed E-state index contributed by atoms with van der Waals surface area (Å²) in [4.78, 5) is 27.1. The van der Waals surface area contributed by atoms with Crippen LogP contribution >= 0.6 is 11.3 Å². The molecule has 140 valence electrons. The zero-order valence-electron chi connectivity index (χ0n) is 15.8. The molecular formula is C19H27N5OS. The summed E-state index contributed by atoms with van der Waals surface area (Å²) in [5.74, 6) is 1.87. The zero-order chi connectivity index (χ0) is 18.5. The van der Waals surface area contributed by atoms with Crippen LogP contribution in [-0.4, -0.2) is 53.5 Å². The van der Waals surface area contributed by atoms with Gasteiger partial charge in [-0.25, -0.2) is 4.98 Å². The molecule has 26 heavy (non-hydrogen) atoms. The van der Waals surface area contributed by atoms with Gasteiger partial charge in [0.15, 0.2) is 0 Å². The second-order valence-electron chi connectivity index (χ2n) is 6.62. The van der Waals surface area contributed by atoms with Crippen molar-refractivity contribution in [2.45, 2.75) is 33.6 Å². The number of amides is 1. The summed E-state index contributed by atoms with van der Waals surface area (Å²) in [6.45, 7) is 10.1. The van der Waals surface area contributed by atoms with Crippen molar-refractivity contribution in [3.8, 4) is 0 Å². The first-order valence-electron chi connectivity index (χ1n) is 9.22. The van der Waals surface area contributed by atoms with Crippen molar-refractivity contribution in [3.63, 3.8) is 0 Å². The molecule has 1 aliphatic rings. The summed E-state index contributed by atoms with van der Waals surface area (Å²) < 4.78 is 0. The molecule has 0 aromatic carbocycles. The van der Waals surface area contributed by atoms with Gasteiger partial charge in [-0.3, -0.25) is 4.79 Å². The number of nitrogens with one attached hydrogen (secondary N) is 1. The number of hydrogen-bond donors (Lipinski definition) is 1. The Balaban J connectivity index is 1.54. The zero-order valence-corrected chi connectivity index (χ0v) is 16.6. The summed E-state index contributed by atoms with van der Waals surface area (Å²) in [5, 5.41) is 5.27. The Bertz CT molecular complexity index is 752. The van der Waals surface area contributed by atoms with Crippen molar-refractivity contribution >= 4 is 29.0 Å². The lowest BCUT2D eigenvalue weighted by Crippen LogP contribution is -2.49. The van der Waals surface area contributed by atoms with E-state index in [-0.39, 0.29) is 5.91 Å². The summed E-state index contributed by atoms with van der Waals surface area (Å²) >= 11 is 1.74. The number of hydrogen-bond acceptors (Lipinski definition) is 6. The molecule has 3 heterocycles. The van der Waals surface area contributed by atoms with Gasteiger partial charge in [-0.15, -0.1) is 11.3 Å². The van der Waals surface area contributed by atoms with Crippen LogP contribution in [0.5, 0.6) is 0 Å². The Hall–Kier alpha value is -2.15. The number of aryl methyl sites for hydroxylation is 3. The van der Waals surface area contributed by atoms with Gasteiger partial charge in [-0.1, -0.05) is 0 Å². The van der Waals surface area contributed by atoms with E-state index in [1.807, 2.05) is 24.8 Å². The third-order valence-corrected chi connectivity index (χ3v) is 5.75. The van der Waals surface area contributed by atoms with Gasteiger partial charge in [0, 0.05) is 55.8 Å². The van der Waals surface area contributed by atoms with E-state index in [0.29, 0.717) is 12.4 Å². The van der Waals surface area contributed by atoms with Gasteiger partial charge < -0.3 is 15.1 Å². The number of aromatic nitrogens is 2. The average molecular weight is 374 g/mol. The van der Waals surface area contributed by atoms with Gasteiger partial charge in [0.2, 0.25) is 11.9 Å². The highest BCUT2D eigenvalue weighted by Crippen LogP contribution is 2.20. The first-order chi connectivity index (χ1) is 12.6. The minimum atomic E-state index is 0.254. The molecule has 1 amide bonds. The molecule has 0 radical (unpaired) electrons. The molecular weight excluding hydrogens is 346 g/mol. The van der Waals surface area contributed by atoms with Gasteiger partial charge >= 0.3 is 0 Å². The van der Waals surface area contributed by atoms with Crippen molar-refractivity contribution in [2.75, 3.05) is 42.9 Å². The summed E-state index contributed by atoms with van der Waals surface area (Å²) in [5.41, 5.74) is 2.25. The molecule has 0 unspecified atom stereocenters. The fourth-order valence-corrected chi connectivity index (χ4v) is 4.09. The van der Waals surface area contributed by atoms with Crippen LogP contribution in [0.3, 0.4) is 0 Å². The standard InChI is InChI=1S/C19H27N5OS/c1-4-20-19-21-15(3)13-17(22-19)23-8-10-24(11-9-23)18(25)6-5-16-14(2)7-12-26-16/h7,12-13H,4-6,8-11H2,1-3H3,(H,20,21,22). The molecule has 0 bridgehead atoms. The normalized spacial score (nSPS) is 14.6. The first-order valence-corrected chi connectivity index (χ1v) is 10.1. The van der Waals surface area contributed by atoms with Crippen molar-refractivity contribution in [1.29, 1.82) is 0 Å². The number of carbonyl (C=O) groups excluding carboxylic acids is 1. The monoisotopic (exact) mass is 373 g/mol. The van der Waals surface area contributed by atoms with E-state index in [4.69, 9.17) is 0 Å². The van der Waals surface area contributed by atoms with Gasteiger partial charge in [0.25, 0.3) is 0 Å². The Kier molecular flexibility index (Phi) is 6.08. The lowest BCUT2D eigenvalue weighted by Gasteiger charge is -2.35. The maximum absolute atomic E-state index is 12.5. The van der Waals surface area contributed by atoms with Crippen LogP contribution in [0.4, 0.5) is 11.8 Å². The smallest absolute Gasteiger partial charge is 0.224 e. The Morgan fingerprint density at radius 2 is 2.00 bits per heavy atom. The van der Waals surface area contributed by atoms with Crippen molar-refractivity contribution in [2.24, 2.45) is 0 Å². The maximum atomic E-state index is 12.5. The van der Waals surface area contributed by atoms with Crippen LogP contribution in [0.25, 0.3) is 0 Å². The number of piperazine rings is 1. The third-order valence-electron chi connectivity index (χ3n) is 4.67. The van der Waals surface area contributed by atoms with Crippen LogP contribution < -0.4 is 10.2 Å². The molecule has 1 N–H and O–H groups in total. The summed E-state index contributed by atoms with van der Waals surface area (Å²) in [7, 11) is 0. The van der Waals surface area contributed by atoms with Crippen LogP contribution in [0, 0.1) is 13.8 Å². The molecule has 6 nitrogen and oxygen atoms in total.